The summed E-state index contributed by atoms with van der Waals surface area (Å²) in [7, 11) is 1.66. The number of aromatic nitrogens is 2. The molecule has 29 heavy (non-hydrogen) atoms. The van der Waals surface area contributed by atoms with Crippen molar-refractivity contribution in [1.82, 2.24) is 14.9 Å². The van der Waals surface area contributed by atoms with Crippen molar-refractivity contribution in [3.63, 3.8) is 0 Å². The predicted molar refractivity (Wildman–Crippen MR) is 98.5 cm³/mol. The number of imidazole rings is 1. The van der Waals surface area contributed by atoms with Crippen LogP contribution in [0.15, 0.2) is 30.5 Å². The number of methoxy groups -OCH3 is 1. The number of carbonyl (C=O) groups is 2. The number of hydrogen-bond donors (Lipinski definition) is 2. The molecule has 1 saturated heterocycles. The van der Waals surface area contributed by atoms with Crippen LogP contribution in [0.1, 0.15) is 32.0 Å². The Kier molecular flexibility index (Phi) is 6.89. The van der Waals surface area contributed by atoms with Gasteiger partial charge in [0.1, 0.15) is 11.6 Å². The molecule has 2 N–H and O–H groups in total. The van der Waals surface area contributed by atoms with Crippen LogP contribution in [-0.2, 0) is 9.59 Å². The van der Waals surface area contributed by atoms with Crippen molar-refractivity contribution < 1.29 is 32.6 Å². The molecule has 1 amide bonds. The van der Waals surface area contributed by atoms with Crippen LogP contribution in [0, 0.1) is 0 Å². The summed E-state index contributed by atoms with van der Waals surface area (Å²) in [5.74, 6) is -0.734. The molecule has 1 aromatic heterocycles. The Balaban J connectivity index is 0.000000370. The van der Waals surface area contributed by atoms with Crippen LogP contribution in [0.25, 0.3) is 11.3 Å². The fraction of sp³-hybridized carbons (Fsp3) is 0.421. The van der Waals surface area contributed by atoms with Crippen LogP contribution in [0.4, 0.5) is 13.2 Å². The van der Waals surface area contributed by atoms with Crippen LogP contribution in [-0.4, -0.2) is 57.7 Å². The lowest BCUT2D eigenvalue weighted by Gasteiger charge is -2.20. The number of ether oxygens (including phenoxy) is 1. The Morgan fingerprint density at radius 2 is 1.97 bits per heavy atom. The Morgan fingerprint density at radius 3 is 2.48 bits per heavy atom. The van der Waals surface area contributed by atoms with Gasteiger partial charge in [0.25, 0.3) is 0 Å². The monoisotopic (exact) mass is 413 g/mol. The number of likely N-dealkylation sites (tertiary alicyclic amines) is 1. The van der Waals surface area contributed by atoms with E-state index < -0.39 is 12.1 Å². The number of benzene rings is 1. The number of carbonyl (C=O) groups excluding carboxylic acids is 1. The molecule has 0 aliphatic carbocycles. The zero-order valence-corrected chi connectivity index (χ0v) is 16.2. The number of nitrogens with zero attached hydrogens (tertiary/aromatic N) is 2. The van der Waals surface area contributed by atoms with Gasteiger partial charge in [-0.2, -0.15) is 13.2 Å². The highest BCUT2D eigenvalue weighted by Crippen LogP contribution is 2.32. The lowest BCUT2D eigenvalue weighted by Crippen LogP contribution is -2.31. The Hall–Kier alpha value is -3.04. The molecule has 7 nitrogen and oxygen atoms in total. The number of H-pyrrole nitrogens is 1. The average Bonchev–Trinajstić information content (AvgIpc) is 3.28. The number of hydrogen-bond acceptors (Lipinski definition) is 4. The number of carboxylic acids is 1. The minimum absolute atomic E-state index is 0.137. The van der Waals surface area contributed by atoms with Crippen molar-refractivity contribution >= 4 is 11.9 Å². The number of para-hydroxylation sites is 1. The summed E-state index contributed by atoms with van der Waals surface area (Å²) >= 11 is 0. The summed E-state index contributed by atoms with van der Waals surface area (Å²) in [6.07, 6.45) is -2.74. The van der Waals surface area contributed by atoms with Crippen LogP contribution >= 0.6 is 0 Å². The number of aromatic amines is 1. The molecule has 10 heteroatoms. The quantitative estimate of drug-likeness (QED) is 0.801. The van der Waals surface area contributed by atoms with Gasteiger partial charge in [-0.15, -0.1) is 0 Å². The maximum Gasteiger partial charge on any atom is 0.490 e. The summed E-state index contributed by atoms with van der Waals surface area (Å²) in [6.45, 7) is 4.82. The lowest BCUT2D eigenvalue weighted by atomic mass is 10.1. The molecule has 3 rings (SSSR count). The molecular formula is C19H22F3N3O4. The average molecular weight is 413 g/mol. The first-order valence-electron chi connectivity index (χ1n) is 8.82. The van der Waals surface area contributed by atoms with Crippen LogP contribution in [0.2, 0.25) is 0 Å². The van der Waals surface area contributed by atoms with Gasteiger partial charge in [-0.3, -0.25) is 4.79 Å². The molecule has 158 valence electrons. The second kappa shape index (κ2) is 8.97. The van der Waals surface area contributed by atoms with Crippen molar-refractivity contribution in [3.8, 4) is 17.0 Å². The summed E-state index contributed by atoms with van der Waals surface area (Å²) < 4.78 is 37.1. The first kappa shape index (κ1) is 22.3. The summed E-state index contributed by atoms with van der Waals surface area (Å²) in [6, 6.07) is 8.07. The Labute approximate surface area is 165 Å². The smallest absolute Gasteiger partial charge is 0.490 e. The molecule has 0 spiro atoms. The van der Waals surface area contributed by atoms with Crippen LogP contribution in [0.5, 0.6) is 5.75 Å². The van der Waals surface area contributed by atoms with Crippen molar-refractivity contribution in [1.29, 1.82) is 0 Å². The number of nitrogens with one attached hydrogen (secondary N) is 1. The van der Waals surface area contributed by atoms with E-state index in [4.69, 9.17) is 14.6 Å². The Morgan fingerprint density at radius 1 is 1.34 bits per heavy atom. The van der Waals surface area contributed by atoms with Gasteiger partial charge in [0.15, 0.2) is 0 Å². The molecule has 1 fully saturated rings. The number of rotatable bonds is 4. The fourth-order valence-electron chi connectivity index (χ4n) is 2.96. The molecule has 1 unspecified atom stereocenters. The number of halogens is 3. The van der Waals surface area contributed by atoms with E-state index in [9.17, 15) is 18.0 Å². The number of carboxylic acid groups (broad SMARTS) is 1. The van der Waals surface area contributed by atoms with Crippen molar-refractivity contribution in [3.05, 3.63) is 36.3 Å². The van der Waals surface area contributed by atoms with E-state index in [-0.39, 0.29) is 17.9 Å². The number of alkyl halides is 3. The molecule has 1 aromatic carbocycles. The van der Waals surface area contributed by atoms with Crippen molar-refractivity contribution in [2.75, 3.05) is 13.7 Å². The van der Waals surface area contributed by atoms with E-state index >= 15 is 0 Å². The zero-order chi connectivity index (χ0) is 21.8. The number of amides is 1. The van der Waals surface area contributed by atoms with E-state index in [1.165, 1.54) is 0 Å². The second-order valence-corrected chi connectivity index (χ2v) is 6.73. The highest BCUT2D eigenvalue weighted by molar-refractivity contribution is 5.80. The maximum atomic E-state index is 12.0. The highest BCUT2D eigenvalue weighted by atomic mass is 19.4. The third-order valence-electron chi connectivity index (χ3n) is 4.40. The normalized spacial score (nSPS) is 16.6. The van der Waals surface area contributed by atoms with Gasteiger partial charge in [-0.25, -0.2) is 9.78 Å². The minimum atomic E-state index is -5.08. The van der Waals surface area contributed by atoms with Crippen molar-refractivity contribution in [2.24, 2.45) is 0 Å². The highest BCUT2D eigenvalue weighted by Gasteiger charge is 2.38. The summed E-state index contributed by atoms with van der Waals surface area (Å²) in [4.78, 5) is 30.7. The third kappa shape index (κ3) is 5.49. The summed E-state index contributed by atoms with van der Waals surface area (Å²) in [5, 5.41) is 7.12. The van der Waals surface area contributed by atoms with Crippen LogP contribution < -0.4 is 4.74 Å². The first-order chi connectivity index (χ1) is 13.5. The van der Waals surface area contributed by atoms with Gasteiger partial charge in [0, 0.05) is 30.5 Å². The third-order valence-corrected chi connectivity index (χ3v) is 4.40. The maximum absolute atomic E-state index is 12.0. The van der Waals surface area contributed by atoms with Crippen molar-refractivity contribution in [2.45, 2.75) is 38.4 Å². The van der Waals surface area contributed by atoms with Gasteiger partial charge < -0.3 is 19.7 Å². The van der Waals surface area contributed by atoms with Gasteiger partial charge in [-0.1, -0.05) is 12.1 Å². The van der Waals surface area contributed by atoms with E-state index in [0.717, 1.165) is 29.4 Å². The Bertz CT molecular complexity index is 864. The minimum Gasteiger partial charge on any atom is -0.496 e. The lowest BCUT2D eigenvalue weighted by molar-refractivity contribution is -0.192. The second-order valence-electron chi connectivity index (χ2n) is 6.73. The predicted octanol–water partition coefficient (Wildman–Crippen LogP) is 3.44. The standard InChI is InChI=1S/C17H21N3O2.C2HF3O2/c1-11(2)20-10-12(8-16(20)21)17-18-9-14(19-17)13-6-4-5-7-15(13)22-3;3-2(4,5)1(6)7/h4-7,9,11-12H,8,10H2,1-3H3,(H,18,19);(H,6,7). The van der Waals surface area contributed by atoms with E-state index in [0.29, 0.717) is 6.42 Å². The largest absolute Gasteiger partial charge is 0.496 e. The molecular weight excluding hydrogens is 391 g/mol. The van der Waals surface area contributed by atoms with E-state index in [1.807, 2.05) is 49.2 Å². The van der Waals surface area contributed by atoms with Gasteiger partial charge in [0.2, 0.25) is 5.91 Å². The van der Waals surface area contributed by atoms with E-state index in [1.54, 1.807) is 7.11 Å². The van der Waals surface area contributed by atoms with Gasteiger partial charge in [-0.05, 0) is 26.0 Å². The first-order valence-corrected chi connectivity index (χ1v) is 8.82. The molecule has 0 saturated carbocycles. The summed E-state index contributed by atoms with van der Waals surface area (Å²) in [5.41, 5.74) is 1.90. The number of aliphatic carboxylic acids is 1. The molecule has 0 bridgehead atoms. The topological polar surface area (TPSA) is 95.5 Å². The van der Waals surface area contributed by atoms with E-state index in [2.05, 4.69) is 9.97 Å². The molecule has 1 aliphatic heterocycles. The molecule has 2 aromatic rings. The zero-order valence-electron chi connectivity index (χ0n) is 16.2. The van der Waals surface area contributed by atoms with Gasteiger partial charge in [0.05, 0.1) is 19.0 Å². The molecule has 1 aliphatic rings. The molecule has 2 heterocycles. The molecule has 0 radical (unpaired) electrons. The SMILES string of the molecule is COc1ccccc1-c1cnc(C2CC(=O)N(C(C)C)C2)[nH]1.O=C(O)C(F)(F)F. The fourth-order valence-corrected chi connectivity index (χ4v) is 2.96. The van der Waals surface area contributed by atoms with Crippen LogP contribution in [0.3, 0.4) is 0 Å². The van der Waals surface area contributed by atoms with Gasteiger partial charge >= 0.3 is 12.1 Å². The molecule has 1 atom stereocenters.